The third-order valence-electron chi connectivity index (χ3n) is 0.264. The Morgan fingerprint density at radius 3 is 1.71 bits per heavy atom. The van der Waals surface area contributed by atoms with E-state index in [-0.39, 0.29) is 29.2 Å². The molecular weight excluding hydrogens is 140 g/mol. The van der Waals surface area contributed by atoms with E-state index in [0.29, 0.717) is 0 Å². The molecule has 46 valence electrons. The molecule has 0 saturated heterocycles. The van der Waals surface area contributed by atoms with Crippen molar-refractivity contribution >= 4 is 0 Å². The SMILES string of the molecule is CC(O)CO.[Fe+2].[O-2]. The first-order valence-corrected chi connectivity index (χ1v) is 1.56. The van der Waals surface area contributed by atoms with Crippen LogP contribution in [0.15, 0.2) is 0 Å². The third kappa shape index (κ3) is 21.5. The minimum atomic E-state index is -0.560. The second kappa shape index (κ2) is 9.64. The van der Waals surface area contributed by atoms with Crippen molar-refractivity contribution in [1.82, 2.24) is 0 Å². The normalized spacial score (nSPS) is 10.7. The van der Waals surface area contributed by atoms with Crippen LogP contribution in [0.25, 0.3) is 0 Å². The van der Waals surface area contributed by atoms with E-state index in [1.807, 2.05) is 0 Å². The summed E-state index contributed by atoms with van der Waals surface area (Å²) in [4.78, 5) is 0. The molecule has 4 heteroatoms. The summed E-state index contributed by atoms with van der Waals surface area (Å²) in [5, 5.41) is 16.0. The van der Waals surface area contributed by atoms with Gasteiger partial charge in [-0.25, -0.2) is 0 Å². The predicted molar refractivity (Wildman–Crippen MR) is 19.5 cm³/mol. The Morgan fingerprint density at radius 1 is 1.57 bits per heavy atom. The molecule has 1 atom stereocenters. The summed E-state index contributed by atoms with van der Waals surface area (Å²) < 4.78 is 0. The maximum absolute atomic E-state index is 8.11. The van der Waals surface area contributed by atoms with E-state index in [1.165, 1.54) is 6.92 Å². The van der Waals surface area contributed by atoms with Crippen LogP contribution in [0.1, 0.15) is 6.92 Å². The molecule has 0 heterocycles. The molecule has 3 nitrogen and oxygen atoms in total. The molecule has 0 amide bonds. The van der Waals surface area contributed by atoms with E-state index >= 15 is 0 Å². The second-order valence-electron chi connectivity index (χ2n) is 1.03. The minimum Gasteiger partial charge on any atom is -2.00 e. The van der Waals surface area contributed by atoms with Gasteiger partial charge >= 0.3 is 17.1 Å². The maximum atomic E-state index is 8.11. The van der Waals surface area contributed by atoms with Crippen LogP contribution in [0.5, 0.6) is 0 Å². The first-order valence-electron chi connectivity index (χ1n) is 1.56. The Kier molecular flexibility index (Phi) is 21.6. The summed E-state index contributed by atoms with van der Waals surface area (Å²) in [6.45, 7) is 1.39. The smallest absolute Gasteiger partial charge is 2.00 e. The average Bonchev–Trinajstić information content (AvgIpc) is 1.38. The van der Waals surface area contributed by atoms with Crippen LogP contribution in [0.3, 0.4) is 0 Å². The van der Waals surface area contributed by atoms with Crippen LogP contribution in [0.4, 0.5) is 0 Å². The van der Waals surface area contributed by atoms with Crippen molar-refractivity contribution in [3.05, 3.63) is 0 Å². The first-order chi connectivity index (χ1) is 2.27. The molecule has 0 aliphatic heterocycles. The van der Waals surface area contributed by atoms with Gasteiger partial charge in [-0.2, -0.15) is 0 Å². The molecule has 0 bridgehead atoms. The van der Waals surface area contributed by atoms with Crippen LogP contribution in [0.2, 0.25) is 0 Å². The van der Waals surface area contributed by atoms with Gasteiger partial charge in [0.25, 0.3) is 0 Å². The van der Waals surface area contributed by atoms with Gasteiger partial charge < -0.3 is 15.7 Å². The Hall–Kier alpha value is 0.399. The van der Waals surface area contributed by atoms with E-state index in [0.717, 1.165) is 0 Å². The number of aliphatic hydroxyl groups is 2. The third-order valence-corrected chi connectivity index (χ3v) is 0.264. The molecule has 0 aromatic rings. The summed E-state index contributed by atoms with van der Waals surface area (Å²) in [5.74, 6) is 0. The van der Waals surface area contributed by atoms with E-state index in [9.17, 15) is 0 Å². The van der Waals surface area contributed by atoms with Gasteiger partial charge in [0.15, 0.2) is 0 Å². The standard InChI is InChI=1S/C3H8O2.Fe.O/c1-3(5)2-4;;/h3-5H,2H2,1H3;;/q;+2;-2. The minimum absolute atomic E-state index is 0. The largest absolute Gasteiger partial charge is 2.00 e. The van der Waals surface area contributed by atoms with Gasteiger partial charge in [-0.05, 0) is 6.92 Å². The quantitative estimate of drug-likeness (QED) is 0.479. The van der Waals surface area contributed by atoms with Gasteiger partial charge in [-0.15, -0.1) is 0 Å². The van der Waals surface area contributed by atoms with Crippen molar-refractivity contribution < 1.29 is 32.8 Å². The topological polar surface area (TPSA) is 69.0 Å². The zero-order valence-electron chi connectivity index (χ0n) is 3.94. The van der Waals surface area contributed by atoms with Crippen molar-refractivity contribution in [2.24, 2.45) is 0 Å². The first kappa shape index (κ1) is 15.7. The molecular formula is C3H8FeO3. The Balaban J connectivity index is -0.0000000800. The van der Waals surface area contributed by atoms with Crippen LogP contribution >= 0.6 is 0 Å². The molecule has 0 aromatic carbocycles. The summed E-state index contributed by atoms with van der Waals surface area (Å²) >= 11 is 0. The van der Waals surface area contributed by atoms with Gasteiger partial charge in [0.2, 0.25) is 0 Å². The number of hydrogen-bond donors (Lipinski definition) is 2. The molecule has 0 saturated carbocycles. The fraction of sp³-hybridized carbons (Fsp3) is 1.00. The summed E-state index contributed by atoms with van der Waals surface area (Å²) in [7, 11) is 0. The summed E-state index contributed by atoms with van der Waals surface area (Å²) in [6, 6.07) is 0. The van der Waals surface area contributed by atoms with Gasteiger partial charge in [0.1, 0.15) is 0 Å². The fourth-order valence-electron chi connectivity index (χ4n) is 0. The molecule has 0 rings (SSSR count). The van der Waals surface area contributed by atoms with Gasteiger partial charge in [-0.1, -0.05) is 0 Å². The molecule has 0 aliphatic carbocycles. The van der Waals surface area contributed by atoms with Crippen molar-refractivity contribution in [2.75, 3.05) is 6.61 Å². The predicted octanol–water partition coefficient (Wildman–Crippen LogP) is -0.762. The van der Waals surface area contributed by atoms with Crippen LogP contribution in [0, 0.1) is 0 Å². The van der Waals surface area contributed by atoms with Gasteiger partial charge in [0.05, 0.1) is 12.7 Å². The van der Waals surface area contributed by atoms with Crippen molar-refractivity contribution in [3.8, 4) is 0 Å². The molecule has 7 heavy (non-hydrogen) atoms. The van der Waals surface area contributed by atoms with Crippen LogP contribution in [-0.2, 0) is 22.5 Å². The van der Waals surface area contributed by atoms with Gasteiger partial charge in [-0.3, -0.25) is 0 Å². The van der Waals surface area contributed by atoms with Crippen LogP contribution < -0.4 is 0 Å². The average molecular weight is 148 g/mol. The van der Waals surface area contributed by atoms with E-state index in [2.05, 4.69) is 0 Å². The molecule has 0 radical (unpaired) electrons. The van der Waals surface area contributed by atoms with Crippen molar-refractivity contribution in [1.29, 1.82) is 0 Å². The van der Waals surface area contributed by atoms with E-state index in [1.54, 1.807) is 0 Å². The molecule has 0 aromatic heterocycles. The monoisotopic (exact) mass is 148 g/mol. The molecule has 0 aliphatic rings. The summed E-state index contributed by atoms with van der Waals surface area (Å²) in [6.07, 6.45) is -0.560. The number of hydrogen-bond acceptors (Lipinski definition) is 2. The molecule has 0 spiro atoms. The fourth-order valence-corrected chi connectivity index (χ4v) is 0. The Bertz CT molecular complexity index is 24.1. The Labute approximate surface area is 53.1 Å². The van der Waals surface area contributed by atoms with Crippen molar-refractivity contribution in [3.63, 3.8) is 0 Å². The van der Waals surface area contributed by atoms with E-state index < -0.39 is 6.10 Å². The molecule has 1 unspecified atom stereocenters. The Morgan fingerprint density at radius 2 is 1.71 bits per heavy atom. The zero-order valence-corrected chi connectivity index (χ0v) is 5.04. The molecule has 0 fully saturated rings. The molecule has 2 N–H and O–H groups in total. The summed E-state index contributed by atoms with van der Waals surface area (Å²) in [5.41, 5.74) is 0. The zero-order chi connectivity index (χ0) is 4.28. The van der Waals surface area contributed by atoms with Crippen LogP contribution in [-0.4, -0.2) is 22.9 Å². The van der Waals surface area contributed by atoms with Crippen molar-refractivity contribution in [2.45, 2.75) is 13.0 Å². The van der Waals surface area contributed by atoms with E-state index in [4.69, 9.17) is 10.2 Å². The second-order valence-corrected chi connectivity index (χ2v) is 1.03. The van der Waals surface area contributed by atoms with Gasteiger partial charge in [0, 0.05) is 0 Å². The number of aliphatic hydroxyl groups excluding tert-OH is 2. The maximum Gasteiger partial charge on any atom is 2.00 e. The number of rotatable bonds is 1.